The van der Waals surface area contributed by atoms with Gasteiger partial charge >= 0.3 is 0 Å². The first kappa shape index (κ1) is 34.2. The SMILES string of the molecule is CC1(COc2ccc(C(=O)c3ccccc3)cc2)CCC/C=C(/c2ccc(C(=O)c3ccc(OCC4CC/C=C\CCC4)cc3)cc2)CC1. The molecule has 4 aromatic rings. The van der Waals surface area contributed by atoms with Crippen molar-refractivity contribution in [3.05, 3.63) is 149 Å². The average molecular weight is 653 g/mol. The lowest BCUT2D eigenvalue weighted by Crippen LogP contribution is -2.26. The fraction of sp³-hybridized carbons (Fsp3) is 0.333. The van der Waals surface area contributed by atoms with Crippen molar-refractivity contribution in [1.29, 1.82) is 0 Å². The van der Waals surface area contributed by atoms with Gasteiger partial charge in [0.05, 0.1) is 13.2 Å². The van der Waals surface area contributed by atoms with Gasteiger partial charge in [-0.25, -0.2) is 0 Å². The predicted molar refractivity (Wildman–Crippen MR) is 199 cm³/mol. The quantitative estimate of drug-likeness (QED) is 0.119. The summed E-state index contributed by atoms with van der Waals surface area (Å²) in [5.74, 6) is 2.24. The highest BCUT2D eigenvalue weighted by Crippen LogP contribution is 2.37. The van der Waals surface area contributed by atoms with E-state index < -0.39 is 0 Å². The van der Waals surface area contributed by atoms with Crippen LogP contribution in [0.1, 0.15) is 109 Å². The van der Waals surface area contributed by atoms with Crippen LogP contribution < -0.4 is 9.47 Å². The van der Waals surface area contributed by atoms with Gasteiger partial charge in [0.2, 0.25) is 0 Å². The molecule has 6 rings (SSSR count). The summed E-state index contributed by atoms with van der Waals surface area (Å²) in [6.07, 6.45) is 18.0. The van der Waals surface area contributed by atoms with Gasteiger partial charge in [0.1, 0.15) is 11.5 Å². The zero-order valence-corrected chi connectivity index (χ0v) is 28.7. The minimum absolute atomic E-state index is 0.0174. The van der Waals surface area contributed by atoms with Gasteiger partial charge in [-0.05, 0) is 130 Å². The summed E-state index contributed by atoms with van der Waals surface area (Å²) in [5, 5.41) is 0. The average Bonchev–Trinajstić information content (AvgIpc) is 3.13. The Morgan fingerprint density at radius 1 is 0.633 bits per heavy atom. The second-order valence-corrected chi connectivity index (χ2v) is 14.0. The van der Waals surface area contributed by atoms with Crippen LogP contribution in [0.2, 0.25) is 0 Å². The van der Waals surface area contributed by atoms with Crippen LogP contribution in [0.3, 0.4) is 0 Å². The molecule has 49 heavy (non-hydrogen) atoms. The molecule has 252 valence electrons. The summed E-state index contributed by atoms with van der Waals surface area (Å²) < 4.78 is 12.4. The van der Waals surface area contributed by atoms with Gasteiger partial charge in [-0.15, -0.1) is 0 Å². The molecule has 0 N–H and O–H groups in total. The molecule has 0 spiro atoms. The van der Waals surface area contributed by atoms with Gasteiger partial charge in [-0.3, -0.25) is 9.59 Å². The minimum Gasteiger partial charge on any atom is -0.493 e. The standard InChI is InChI=1S/C45H48O4/c1-45(33-49-42-27-23-39(24-28-42)43(46)37-15-8-5-9-16-37)30-11-10-14-35(29-31-45)36-17-19-38(20-18-36)44(47)40-21-25-41(26-22-40)48-32-34-12-6-3-2-4-7-13-34/h2-3,5,8-9,14-28,34H,4,6-7,10-13,29-33H2,1H3/b3-2-,35-14+. The zero-order chi connectivity index (χ0) is 33.9. The Hall–Kier alpha value is -4.70. The molecule has 4 heteroatoms. The molecule has 0 aliphatic heterocycles. The predicted octanol–water partition coefficient (Wildman–Crippen LogP) is 11.1. The molecule has 4 nitrogen and oxygen atoms in total. The monoisotopic (exact) mass is 652 g/mol. The highest BCUT2D eigenvalue weighted by Gasteiger charge is 2.27. The van der Waals surface area contributed by atoms with Crippen LogP contribution in [0, 0.1) is 11.3 Å². The number of rotatable bonds is 11. The van der Waals surface area contributed by atoms with E-state index >= 15 is 0 Å². The lowest BCUT2D eigenvalue weighted by molar-refractivity contribution is 0.103. The second kappa shape index (κ2) is 16.6. The maximum absolute atomic E-state index is 13.3. The number of ketones is 2. The van der Waals surface area contributed by atoms with E-state index in [0.717, 1.165) is 56.6 Å². The molecule has 0 aromatic heterocycles. The van der Waals surface area contributed by atoms with Crippen LogP contribution >= 0.6 is 0 Å². The summed E-state index contributed by atoms with van der Waals surface area (Å²) in [4.78, 5) is 26.1. The number of carbonyl (C=O) groups is 2. The van der Waals surface area contributed by atoms with Gasteiger partial charge in [-0.1, -0.05) is 79.7 Å². The van der Waals surface area contributed by atoms with E-state index in [0.29, 0.717) is 34.8 Å². The lowest BCUT2D eigenvalue weighted by Gasteiger charge is -2.31. The summed E-state index contributed by atoms with van der Waals surface area (Å²) in [5.41, 5.74) is 5.26. The van der Waals surface area contributed by atoms with Crippen molar-refractivity contribution in [3.63, 3.8) is 0 Å². The third-order valence-electron chi connectivity index (χ3n) is 10.1. The molecule has 0 amide bonds. The van der Waals surface area contributed by atoms with Gasteiger partial charge < -0.3 is 9.47 Å². The second-order valence-electron chi connectivity index (χ2n) is 14.0. The summed E-state index contributed by atoms with van der Waals surface area (Å²) in [7, 11) is 0. The van der Waals surface area contributed by atoms with Crippen LogP contribution in [-0.2, 0) is 0 Å². The third kappa shape index (κ3) is 9.47. The number of hydrogen-bond acceptors (Lipinski definition) is 4. The number of ether oxygens (including phenoxy) is 2. The van der Waals surface area contributed by atoms with Crippen LogP contribution in [0.25, 0.3) is 5.57 Å². The van der Waals surface area contributed by atoms with E-state index in [1.165, 1.54) is 36.8 Å². The Morgan fingerprint density at radius 2 is 1.22 bits per heavy atom. The van der Waals surface area contributed by atoms with Gasteiger partial charge in [0.25, 0.3) is 0 Å². The molecule has 0 saturated heterocycles. The van der Waals surface area contributed by atoms with Crippen molar-refractivity contribution < 1.29 is 19.1 Å². The van der Waals surface area contributed by atoms with Crippen molar-refractivity contribution in [1.82, 2.24) is 0 Å². The molecule has 2 aliphatic rings. The largest absolute Gasteiger partial charge is 0.493 e. The van der Waals surface area contributed by atoms with Gasteiger partial charge in [-0.2, -0.15) is 0 Å². The van der Waals surface area contributed by atoms with Crippen LogP contribution in [-0.4, -0.2) is 24.8 Å². The molecule has 2 atom stereocenters. The normalized spacial score (nSPS) is 21.5. The molecule has 0 saturated carbocycles. The number of allylic oxidation sites excluding steroid dienone is 4. The highest BCUT2D eigenvalue weighted by molar-refractivity contribution is 6.09. The van der Waals surface area contributed by atoms with E-state index in [1.807, 2.05) is 91.0 Å². The maximum atomic E-state index is 13.3. The number of hydrogen-bond donors (Lipinski definition) is 0. The fourth-order valence-corrected chi connectivity index (χ4v) is 6.91. The Labute approximate surface area is 291 Å². The summed E-state index contributed by atoms with van der Waals surface area (Å²) in [6.45, 7) is 3.68. The molecule has 4 aromatic carbocycles. The fourth-order valence-electron chi connectivity index (χ4n) is 6.91. The minimum atomic E-state index is 0.0174. The van der Waals surface area contributed by atoms with Crippen molar-refractivity contribution in [2.75, 3.05) is 13.2 Å². The van der Waals surface area contributed by atoms with Crippen molar-refractivity contribution in [2.45, 2.75) is 71.1 Å². The van der Waals surface area contributed by atoms with Crippen LogP contribution in [0.15, 0.2) is 121 Å². The van der Waals surface area contributed by atoms with Gasteiger partial charge in [0, 0.05) is 27.7 Å². The Kier molecular flexibility index (Phi) is 11.6. The van der Waals surface area contributed by atoms with E-state index in [9.17, 15) is 9.59 Å². The molecule has 0 bridgehead atoms. The molecular weight excluding hydrogens is 604 g/mol. The first-order chi connectivity index (χ1) is 24.0. The van der Waals surface area contributed by atoms with Crippen LogP contribution in [0.4, 0.5) is 0 Å². The highest BCUT2D eigenvalue weighted by atomic mass is 16.5. The molecule has 0 radical (unpaired) electrons. The smallest absolute Gasteiger partial charge is 0.193 e. The van der Waals surface area contributed by atoms with E-state index in [4.69, 9.17) is 9.47 Å². The zero-order valence-electron chi connectivity index (χ0n) is 28.7. The first-order valence-corrected chi connectivity index (χ1v) is 18.0. The molecular formula is C45H48O4. The third-order valence-corrected chi connectivity index (χ3v) is 10.1. The van der Waals surface area contributed by atoms with Crippen LogP contribution in [0.5, 0.6) is 11.5 Å². The molecule has 0 heterocycles. The Balaban J connectivity index is 1.00. The summed E-state index contributed by atoms with van der Waals surface area (Å²) in [6, 6.07) is 32.6. The van der Waals surface area contributed by atoms with E-state index in [-0.39, 0.29) is 17.0 Å². The Morgan fingerprint density at radius 3 is 1.90 bits per heavy atom. The Bertz CT molecular complexity index is 1730. The van der Waals surface area contributed by atoms with Crippen molar-refractivity contribution in [3.8, 4) is 11.5 Å². The van der Waals surface area contributed by atoms with Gasteiger partial charge in [0.15, 0.2) is 11.6 Å². The summed E-state index contributed by atoms with van der Waals surface area (Å²) >= 11 is 0. The number of benzene rings is 4. The van der Waals surface area contributed by atoms with Crippen molar-refractivity contribution >= 4 is 17.1 Å². The topological polar surface area (TPSA) is 52.6 Å². The van der Waals surface area contributed by atoms with E-state index in [2.05, 4.69) is 37.3 Å². The maximum Gasteiger partial charge on any atom is 0.193 e. The first-order valence-electron chi connectivity index (χ1n) is 18.0. The molecule has 2 aliphatic carbocycles. The molecule has 0 fully saturated rings. The number of carbonyl (C=O) groups excluding carboxylic acids is 2. The van der Waals surface area contributed by atoms with Crippen molar-refractivity contribution in [2.24, 2.45) is 11.3 Å². The molecule has 2 unspecified atom stereocenters. The van der Waals surface area contributed by atoms with E-state index in [1.54, 1.807) is 0 Å². The lowest BCUT2D eigenvalue weighted by atomic mass is 9.77.